The van der Waals surface area contributed by atoms with Crippen molar-refractivity contribution >= 4 is 28.1 Å². The van der Waals surface area contributed by atoms with Gasteiger partial charge in [-0.15, -0.1) is 11.3 Å². The molecule has 1 aliphatic rings. The Hall–Kier alpha value is -1.98. The molecular formula is C27H40N4S. The zero-order valence-electron chi connectivity index (χ0n) is 20.3. The van der Waals surface area contributed by atoms with Gasteiger partial charge in [0.1, 0.15) is 11.6 Å². The normalized spacial score (nSPS) is 18.2. The number of hydrogen-bond acceptors (Lipinski definition) is 5. The maximum Gasteiger partial charge on any atom is 0.139 e. The highest BCUT2D eigenvalue weighted by molar-refractivity contribution is 7.09. The van der Waals surface area contributed by atoms with Crippen LogP contribution in [-0.4, -0.2) is 37.2 Å². The summed E-state index contributed by atoms with van der Waals surface area (Å²) in [6.07, 6.45) is 9.71. The van der Waals surface area contributed by atoms with E-state index in [2.05, 4.69) is 39.7 Å². The number of aryl methyl sites for hydroxylation is 2. The molecular weight excluding hydrogens is 412 g/mol. The van der Waals surface area contributed by atoms with E-state index in [1.807, 2.05) is 61.5 Å². The van der Waals surface area contributed by atoms with Gasteiger partial charge in [0.25, 0.3) is 0 Å². The maximum absolute atomic E-state index is 4.42. The molecule has 1 aromatic carbocycles. The minimum atomic E-state index is 0.812. The van der Waals surface area contributed by atoms with Gasteiger partial charge in [0.05, 0.1) is 5.52 Å². The number of anilines is 1. The molecule has 1 N–H and O–H groups in total. The van der Waals surface area contributed by atoms with Gasteiger partial charge in [0.15, 0.2) is 0 Å². The minimum absolute atomic E-state index is 0.812. The highest BCUT2D eigenvalue weighted by atomic mass is 32.1. The molecule has 2 aromatic heterocycles. The van der Waals surface area contributed by atoms with E-state index in [1.54, 1.807) is 0 Å². The summed E-state index contributed by atoms with van der Waals surface area (Å²) in [5, 5.41) is 6.93. The van der Waals surface area contributed by atoms with Gasteiger partial charge in [-0.2, -0.15) is 0 Å². The van der Waals surface area contributed by atoms with E-state index in [4.69, 9.17) is 0 Å². The Morgan fingerprint density at radius 1 is 1.00 bits per heavy atom. The van der Waals surface area contributed by atoms with Gasteiger partial charge in [0, 0.05) is 24.4 Å². The summed E-state index contributed by atoms with van der Waals surface area (Å²) in [5.41, 5.74) is 1.00. The van der Waals surface area contributed by atoms with Gasteiger partial charge in [-0.1, -0.05) is 38.0 Å². The second-order valence-electron chi connectivity index (χ2n) is 9.37. The summed E-state index contributed by atoms with van der Waals surface area (Å²) in [4.78, 5) is 12.3. The largest absolute Gasteiger partial charge is 0.362 e. The fourth-order valence-electron chi connectivity index (χ4n) is 4.36. The number of thiophene rings is 1. The summed E-state index contributed by atoms with van der Waals surface area (Å²) in [6.45, 7) is 6.77. The van der Waals surface area contributed by atoms with Crippen LogP contribution in [0, 0.1) is 18.8 Å². The molecule has 3 aromatic rings. The Kier molecular flexibility index (Phi) is 9.94. The van der Waals surface area contributed by atoms with E-state index in [-0.39, 0.29) is 0 Å². The maximum atomic E-state index is 4.42. The average molecular weight is 453 g/mol. The van der Waals surface area contributed by atoms with Crippen LogP contribution in [0.2, 0.25) is 0 Å². The number of nitrogens with zero attached hydrogens (tertiary/aromatic N) is 3. The van der Waals surface area contributed by atoms with Crippen molar-refractivity contribution in [3.05, 3.63) is 52.5 Å². The van der Waals surface area contributed by atoms with Crippen LogP contribution in [0.15, 0.2) is 41.8 Å². The first kappa shape index (κ1) is 24.7. The smallest absolute Gasteiger partial charge is 0.139 e. The van der Waals surface area contributed by atoms with Crippen LogP contribution in [0.4, 0.5) is 5.82 Å². The van der Waals surface area contributed by atoms with Crippen LogP contribution in [0.3, 0.4) is 0 Å². The highest BCUT2D eigenvalue weighted by Gasteiger charge is 2.17. The van der Waals surface area contributed by atoms with Crippen LogP contribution < -0.4 is 10.2 Å². The molecule has 2 heterocycles. The lowest BCUT2D eigenvalue weighted by atomic mass is 9.83. The van der Waals surface area contributed by atoms with E-state index in [1.165, 1.54) is 62.9 Å². The number of para-hydroxylation sites is 1. The highest BCUT2D eigenvalue weighted by Crippen LogP contribution is 2.27. The number of fused-ring (bicyclic) bond motifs is 1. The molecule has 0 saturated heterocycles. The SMILES string of the molecule is CC1CCC(CNCCCCc2cccs2)CC1.Cc1nc(N(C)C)c2ccccc2n1. The molecule has 0 radical (unpaired) electrons. The van der Waals surface area contributed by atoms with E-state index in [0.717, 1.165) is 34.4 Å². The molecule has 1 saturated carbocycles. The average Bonchev–Trinajstić information content (AvgIpc) is 3.31. The molecule has 0 amide bonds. The first-order valence-corrected chi connectivity index (χ1v) is 13.0. The monoisotopic (exact) mass is 452 g/mol. The standard InChI is InChI=1S/C16H27NS.C11H13N3/c1-14-7-9-15(10-8-14)13-17-11-3-2-5-16-6-4-12-18-16;1-8-12-10-7-5-4-6-9(10)11(13-8)14(2)3/h4,6,12,14-15,17H,2-3,5,7-11,13H2,1H3;4-7H,1-3H3. The first-order valence-electron chi connectivity index (χ1n) is 12.2. The van der Waals surface area contributed by atoms with Crippen LogP contribution in [0.25, 0.3) is 10.9 Å². The number of unbranched alkanes of at least 4 members (excludes halogenated alkanes) is 1. The predicted octanol–water partition coefficient (Wildman–Crippen LogP) is 6.49. The van der Waals surface area contributed by atoms with Crippen LogP contribution in [0.1, 0.15) is 56.2 Å². The lowest BCUT2D eigenvalue weighted by Gasteiger charge is -2.26. The predicted molar refractivity (Wildman–Crippen MR) is 140 cm³/mol. The van der Waals surface area contributed by atoms with Gasteiger partial charge in [-0.05, 0) is 87.5 Å². The van der Waals surface area contributed by atoms with Crippen LogP contribution >= 0.6 is 11.3 Å². The van der Waals surface area contributed by atoms with Gasteiger partial charge >= 0.3 is 0 Å². The molecule has 0 aliphatic heterocycles. The molecule has 0 unspecified atom stereocenters. The summed E-state index contributed by atoms with van der Waals surface area (Å²) in [7, 11) is 3.99. The van der Waals surface area contributed by atoms with E-state index < -0.39 is 0 Å². The zero-order valence-corrected chi connectivity index (χ0v) is 21.1. The summed E-state index contributed by atoms with van der Waals surface area (Å²) in [6, 6.07) is 12.5. The summed E-state index contributed by atoms with van der Waals surface area (Å²) in [5.74, 6) is 3.73. The molecule has 0 bridgehead atoms. The molecule has 4 nitrogen and oxygen atoms in total. The Balaban J connectivity index is 0.000000186. The molecule has 5 heteroatoms. The topological polar surface area (TPSA) is 41.1 Å². The Morgan fingerprint density at radius 2 is 1.78 bits per heavy atom. The summed E-state index contributed by atoms with van der Waals surface area (Å²) < 4.78 is 0. The lowest BCUT2D eigenvalue weighted by Crippen LogP contribution is -2.26. The van der Waals surface area contributed by atoms with E-state index >= 15 is 0 Å². The Bertz CT molecular complexity index is 915. The molecule has 4 rings (SSSR count). The molecule has 1 aliphatic carbocycles. The molecule has 1 fully saturated rings. The van der Waals surface area contributed by atoms with Crippen molar-refractivity contribution in [2.75, 3.05) is 32.1 Å². The number of benzene rings is 1. The van der Waals surface area contributed by atoms with Crippen molar-refractivity contribution in [3.8, 4) is 0 Å². The van der Waals surface area contributed by atoms with Crippen molar-refractivity contribution in [2.45, 2.75) is 58.8 Å². The minimum Gasteiger partial charge on any atom is -0.362 e. The first-order chi connectivity index (χ1) is 15.5. The third kappa shape index (κ3) is 7.86. The second-order valence-corrected chi connectivity index (χ2v) is 10.4. The zero-order chi connectivity index (χ0) is 22.8. The Labute approximate surface area is 198 Å². The molecule has 0 spiro atoms. The van der Waals surface area contributed by atoms with Crippen LogP contribution in [0.5, 0.6) is 0 Å². The molecule has 174 valence electrons. The van der Waals surface area contributed by atoms with Crippen molar-refractivity contribution in [1.82, 2.24) is 15.3 Å². The van der Waals surface area contributed by atoms with Crippen molar-refractivity contribution in [2.24, 2.45) is 11.8 Å². The third-order valence-electron chi connectivity index (χ3n) is 6.29. The van der Waals surface area contributed by atoms with Crippen molar-refractivity contribution in [3.63, 3.8) is 0 Å². The summed E-state index contributed by atoms with van der Waals surface area (Å²) >= 11 is 1.89. The van der Waals surface area contributed by atoms with Crippen molar-refractivity contribution in [1.29, 1.82) is 0 Å². The van der Waals surface area contributed by atoms with Gasteiger partial charge in [-0.25, -0.2) is 9.97 Å². The van der Waals surface area contributed by atoms with E-state index in [0.29, 0.717) is 0 Å². The number of nitrogens with one attached hydrogen (secondary N) is 1. The van der Waals surface area contributed by atoms with Crippen LogP contribution in [-0.2, 0) is 6.42 Å². The number of hydrogen-bond donors (Lipinski definition) is 1. The number of rotatable bonds is 8. The molecule has 32 heavy (non-hydrogen) atoms. The Morgan fingerprint density at radius 3 is 2.50 bits per heavy atom. The second kappa shape index (κ2) is 12.9. The van der Waals surface area contributed by atoms with Gasteiger partial charge in [0.2, 0.25) is 0 Å². The van der Waals surface area contributed by atoms with Gasteiger partial charge in [-0.3, -0.25) is 0 Å². The fraction of sp³-hybridized carbons (Fsp3) is 0.556. The quantitative estimate of drug-likeness (QED) is 0.397. The molecule has 0 atom stereocenters. The fourth-order valence-corrected chi connectivity index (χ4v) is 5.11. The third-order valence-corrected chi connectivity index (χ3v) is 7.23. The number of aromatic nitrogens is 2. The van der Waals surface area contributed by atoms with Crippen molar-refractivity contribution < 1.29 is 0 Å². The lowest BCUT2D eigenvalue weighted by molar-refractivity contribution is 0.281. The van der Waals surface area contributed by atoms with Gasteiger partial charge < -0.3 is 10.2 Å². The van der Waals surface area contributed by atoms with E-state index in [9.17, 15) is 0 Å².